The molecule has 4 rings (SSSR count). The molecule has 0 aromatic heterocycles. The molecule has 174 valence electrons. The van der Waals surface area contributed by atoms with E-state index < -0.39 is 6.09 Å². The van der Waals surface area contributed by atoms with Crippen molar-refractivity contribution in [2.45, 2.75) is 44.6 Å². The number of hydrogen-bond acceptors (Lipinski definition) is 3. The van der Waals surface area contributed by atoms with Crippen molar-refractivity contribution in [3.05, 3.63) is 58.1 Å². The topological polar surface area (TPSA) is 67.6 Å². The van der Waals surface area contributed by atoms with Crippen molar-refractivity contribution < 1.29 is 14.5 Å². The molecule has 2 fully saturated rings. The number of carbonyl (C=O) groups excluding carboxylic acids is 1. The van der Waals surface area contributed by atoms with Gasteiger partial charge in [-0.15, -0.1) is 0 Å². The lowest BCUT2D eigenvalue weighted by Gasteiger charge is -2.38. The van der Waals surface area contributed by atoms with E-state index in [1.54, 1.807) is 18.2 Å². The third-order valence-corrected chi connectivity index (χ3v) is 7.13. The number of amides is 1. The Morgan fingerprint density at radius 3 is 2.58 bits per heavy atom. The zero-order chi connectivity index (χ0) is 23.4. The van der Waals surface area contributed by atoms with Gasteiger partial charge in [-0.1, -0.05) is 60.2 Å². The summed E-state index contributed by atoms with van der Waals surface area (Å²) in [5.41, 5.74) is 2.61. The second kappa shape index (κ2) is 10.3. The summed E-state index contributed by atoms with van der Waals surface area (Å²) in [6.45, 7) is 2.74. The van der Waals surface area contributed by atoms with Crippen LogP contribution in [0.4, 0.5) is 16.2 Å². The number of benzene rings is 2. The van der Waals surface area contributed by atoms with Gasteiger partial charge in [0, 0.05) is 11.4 Å². The number of amidine groups is 1. The first-order valence-corrected chi connectivity index (χ1v) is 12.2. The number of ether oxygens (including phenoxy) is 1. The van der Waals surface area contributed by atoms with Gasteiger partial charge in [-0.05, 0) is 62.3 Å². The van der Waals surface area contributed by atoms with Crippen LogP contribution in [-0.2, 0) is 4.74 Å². The summed E-state index contributed by atoms with van der Waals surface area (Å²) in [6, 6.07) is 13.3. The van der Waals surface area contributed by atoms with E-state index in [9.17, 15) is 4.79 Å². The molecule has 1 aliphatic heterocycles. The predicted octanol–water partition coefficient (Wildman–Crippen LogP) is 4.43. The summed E-state index contributed by atoms with van der Waals surface area (Å²) in [7, 11) is 0. The van der Waals surface area contributed by atoms with E-state index in [-0.39, 0.29) is 12.1 Å². The Morgan fingerprint density at radius 2 is 1.88 bits per heavy atom. The quantitative estimate of drug-likeness (QED) is 0.414. The first kappa shape index (κ1) is 23.8. The van der Waals surface area contributed by atoms with Gasteiger partial charge in [0.2, 0.25) is 0 Å². The molecule has 1 amide bonds. The van der Waals surface area contributed by atoms with Crippen molar-refractivity contribution in [2.24, 2.45) is 0 Å². The van der Waals surface area contributed by atoms with Crippen LogP contribution in [0.5, 0.6) is 0 Å². The highest BCUT2D eigenvalue weighted by Gasteiger charge is 2.55. The van der Waals surface area contributed by atoms with E-state index in [2.05, 4.69) is 51.7 Å². The molecule has 2 aliphatic rings. The van der Waals surface area contributed by atoms with Crippen LogP contribution in [0.2, 0.25) is 10.0 Å². The normalized spacial score (nSPS) is 18.5. The summed E-state index contributed by atoms with van der Waals surface area (Å²) < 4.78 is 5.33. The van der Waals surface area contributed by atoms with E-state index >= 15 is 0 Å². The van der Waals surface area contributed by atoms with Crippen molar-refractivity contribution in [1.82, 2.24) is 5.32 Å². The number of halogens is 2. The molecule has 1 spiro atoms. The van der Waals surface area contributed by atoms with Gasteiger partial charge in [-0.2, -0.15) is 0 Å². The molecule has 1 aliphatic carbocycles. The Morgan fingerprint density at radius 1 is 1.15 bits per heavy atom. The minimum absolute atomic E-state index is 0.200. The van der Waals surface area contributed by atoms with E-state index in [0.29, 0.717) is 27.4 Å². The van der Waals surface area contributed by atoms with Crippen LogP contribution in [0, 0.1) is 6.92 Å². The van der Waals surface area contributed by atoms with Crippen LogP contribution in [0.3, 0.4) is 0 Å². The molecule has 0 bridgehead atoms. The fourth-order valence-electron chi connectivity index (χ4n) is 4.51. The molecule has 6 nitrogen and oxygen atoms in total. The Bertz CT molecular complexity index is 1070. The summed E-state index contributed by atoms with van der Waals surface area (Å²) in [6.07, 6.45) is 4.97. The largest absolute Gasteiger partial charge is 0.445 e. The Hall–Kier alpha value is -2.35. The van der Waals surface area contributed by atoms with Gasteiger partial charge in [-0.3, -0.25) is 15.2 Å². The first-order chi connectivity index (χ1) is 15.9. The van der Waals surface area contributed by atoms with Gasteiger partial charge >= 0.3 is 6.09 Å². The number of thiocarbonyl (C=S) groups is 1. The molecule has 0 atom stereocenters. The minimum atomic E-state index is -0.552. The van der Waals surface area contributed by atoms with Crippen LogP contribution in [0.25, 0.3) is 0 Å². The van der Waals surface area contributed by atoms with Crippen molar-refractivity contribution in [3.63, 3.8) is 0 Å². The van der Waals surface area contributed by atoms with Crippen LogP contribution in [-0.4, -0.2) is 35.7 Å². The second-order valence-corrected chi connectivity index (χ2v) is 9.59. The molecular weight excluding hydrogens is 479 g/mol. The van der Waals surface area contributed by atoms with Gasteiger partial charge in [0.25, 0.3) is 10.9 Å². The summed E-state index contributed by atoms with van der Waals surface area (Å²) in [5.74, 6) is 0.987. The van der Waals surface area contributed by atoms with E-state index in [1.165, 1.54) is 12.0 Å². The summed E-state index contributed by atoms with van der Waals surface area (Å²) in [4.78, 5) is 17.8. The lowest BCUT2D eigenvalue weighted by molar-refractivity contribution is -0.464. The number of nitrogens with zero attached hydrogens (tertiary/aromatic N) is 1. The lowest BCUT2D eigenvalue weighted by Crippen LogP contribution is -2.81. The number of carbonyl (C=O) groups is 1. The zero-order valence-corrected chi connectivity index (χ0v) is 20.7. The number of aryl methyl sites for hydroxylation is 1. The van der Waals surface area contributed by atoms with E-state index in [0.717, 1.165) is 37.2 Å². The first-order valence-electron chi connectivity index (χ1n) is 11.1. The molecule has 9 heteroatoms. The molecule has 2 aromatic rings. The highest BCUT2D eigenvalue weighted by Crippen LogP contribution is 2.39. The lowest BCUT2D eigenvalue weighted by atomic mass is 9.80. The standard InChI is InChI=1S/C24H26Cl2N4O2S/c1-16-5-8-18(9-6-16)30-22(33)29-21(24(30)11-3-2-4-12-24)27-13-14-32-23(31)28-17-7-10-19(25)20(26)15-17/h5-10,15H,2-4,11-14H2,1H3,(H,28,31)(H,27,29,33)/p+1. The average Bonchev–Trinajstić information content (AvgIpc) is 3.05. The van der Waals surface area contributed by atoms with Gasteiger partial charge in [-0.25, -0.2) is 10.1 Å². The molecule has 1 heterocycles. The third kappa shape index (κ3) is 5.26. The fourth-order valence-corrected chi connectivity index (χ4v) is 5.19. The monoisotopic (exact) mass is 505 g/mol. The van der Waals surface area contributed by atoms with Crippen molar-refractivity contribution in [1.29, 1.82) is 0 Å². The average molecular weight is 506 g/mol. The van der Waals surface area contributed by atoms with Crippen LogP contribution >= 0.6 is 35.4 Å². The maximum atomic E-state index is 12.1. The maximum absolute atomic E-state index is 12.1. The van der Waals surface area contributed by atoms with Crippen molar-refractivity contribution in [3.8, 4) is 0 Å². The number of anilines is 2. The highest BCUT2D eigenvalue weighted by atomic mass is 35.5. The highest BCUT2D eigenvalue weighted by molar-refractivity contribution is 7.80. The smallest absolute Gasteiger partial charge is 0.411 e. The molecule has 33 heavy (non-hydrogen) atoms. The van der Waals surface area contributed by atoms with Gasteiger partial charge in [0.15, 0.2) is 0 Å². The maximum Gasteiger partial charge on any atom is 0.411 e. The van der Waals surface area contributed by atoms with Crippen LogP contribution < -0.4 is 20.5 Å². The number of hydrogen-bond donors (Lipinski definition) is 3. The fraction of sp³-hybridized carbons (Fsp3) is 0.375. The van der Waals surface area contributed by atoms with Gasteiger partial charge in [0.1, 0.15) is 18.7 Å². The third-order valence-electron chi connectivity index (χ3n) is 6.10. The molecule has 1 saturated heterocycles. The molecule has 0 radical (unpaired) electrons. The predicted molar refractivity (Wildman–Crippen MR) is 137 cm³/mol. The van der Waals surface area contributed by atoms with Gasteiger partial charge in [0.05, 0.1) is 10.0 Å². The summed E-state index contributed by atoms with van der Waals surface area (Å²) in [5, 5.41) is 7.54. The number of nitrogens with one attached hydrogen (secondary N) is 3. The SMILES string of the molecule is Cc1ccc(N2C(=S)NC(=[NH+]CCOC(=O)Nc3ccc(Cl)c(Cl)c3)C23CCCCC3)cc1. The van der Waals surface area contributed by atoms with Crippen LogP contribution in [0.15, 0.2) is 42.5 Å². The molecule has 2 aromatic carbocycles. The van der Waals surface area contributed by atoms with E-state index in [4.69, 9.17) is 40.2 Å². The summed E-state index contributed by atoms with van der Waals surface area (Å²) >= 11 is 17.6. The van der Waals surface area contributed by atoms with Crippen LogP contribution in [0.1, 0.15) is 37.7 Å². The van der Waals surface area contributed by atoms with Crippen molar-refractivity contribution >= 4 is 63.8 Å². The van der Waals surface area contributed by atoms with E-state index in [1.807, 2.05) is 0 Å². The Balaban J connectivity index is 1.42. The second-order valence-electron chi connectivity index (χ2n) is 8.38. The number of rotatable bonds is 5. The van der Waals surface area contributed by atoms with Gasteiger partial charge < -0.3 is 4.74 Å². The minimum Gasteiger partial charge on any atom is -0.445 e. The molecule has 1 saturated carbocycles. The molecular formula is C24H27Cl2N4O2S+. The zero-order valence-electron chi connectivity index (χ0n) is 18.4. The molecule has 3 N–H and O–H groups in total. The molecule has 0 unspecified atom stereocenters. The Kier molecular flexibility index (Phi) is 7.41. The van der Waals surface area contributed by atoms with Crippen molar-refractivity contribution in [2.75, 3.05) is 23.4 Å². The Labute approximate surface area is 209 Å².